The summed E-state index contributed by atoms with van der Waals surface area (Å²) in [6.07, 6.45) is 4.65. The molecule has 0 spiro atoms. The van der Waals surface area contributed by atoms with Crippen LogP contribution >= 0.6 is 0 Å². The number of hydrogen-bond donors (Lipinski definition) is 1. The van der Waals surface area contributed by atoms with Crippen LogP contribution in [0.15, 0.2) is 30.3 Å². The molecule has 134 valence electrons. The molecule has 3 aliphatic rings. The minimum absolute atomic E-state index is 0.0623. The summed E-state index contributed by atoms with van der Waals surface area (Å²) in [5.41, 5.74) is 6.75. The van der Waals surface area contributed by atoms with Crippen molar-refractivity contribution in [1.29, 1.82) is 0 Å². The van der Waals surface area contributed by atoms with Crippen LogP contribution in [0, 0.1) is 11.8 Å². The van der Waals surface area contributed by atoms with Crippen LogP contribution in [0.3, 0.4) is 0 Å². The maximum absolute atomic E-state index is 13.2. The molecular weight excluding hydrogens is 314 g/mol. The Kier molecular flexibility index (Phi) is 4.50. The molecule has 0 aliphatic carbocycles. The first-order valence-electron chi connectivity index (χ1n) is 9.54. The molecule has 1 aromatic carbocycles. The molecule has 5 heteroatoms. The van der Waals surface area contributed by atoms with Gasteiger partial charge in [0.25, 0.3) is 0 Å². The number of hydrogen-bond acceptors (Lipinski definition) is 3. The SMILES string of the molecule is NC(=O)C1CCN(C(=O)C2CC(c3ccccc3)N3CCC[C@@H]23)CC1. The van der Waals surface area contributed by atoms with E-state index in [1.54, 1.807) is 0 Å². The van der Waals surface area contributed by atoms with E-state index in [9.17, 15) is 9.59 Å². The van der Waals surface area contributed by atoms with E-state index in [0.717, 1.165) is 19.4 Å². The molecule has 3 fully saturated rings. The number of carbonyl (C=O) groups excluding carboxylic acids is 2. The average Bonchev–Trinajstić information content (AvgIpc) is 3.24. The highest BCUT2D eigenvalue weighted by Gasteiger charge is 2.48. The molecule has 3 aliphatic heterocycles. The van der Waals surface area contributed by atoms with E-state index in [2.05, 4.69) is 29.2 Å². The highest BCUT2D eigenvalue weighted by molar-refractivity contribution is 5.81. The molecule has 3 heterocycles. The first-order chi connectivity index (χ1) is 12.1. The zero-order valence-electron chi connectivity index (χ0n) is 14.6. The second kappa shape index (κ2) is 6.79. The van der Waals surface area contributed by atoms with E-state index < -0.39 is 0 Å². The van der Waals surface area contributed by atoms with E-state index in [1.807, 2.05) is 11.0 Å². The van der Waals surface area contributed by atoms with Gasteiger partial charge in [0.2, 0.25) is 11.8 Å². The third kappa shape index (κ3) is 3.06. The van der Waals surface area contributed by atoms with Crippen molar-refractivity contribution in [2.45, 2.75) is 44.2 Å². The van der Waals surface area contributed by atoms with Crippen molar-refractivity contribution >= 4 is 11.8 Å². The molecule has 4 rings (SSSR count). The predicted molar refractivity (Wildman–Crippen MR) is 95.5 cm³/mol. The fourth-order valence-electron chi connectivity index (χ4n) is 5.05. The van der Waals surface area contributed by atoms with Crippen LogP contribution in [-0.2, 0) is 9.59 Å². The number of amides is 2. The van der Waals surface area contributed by atoms with Gasteiger partial charge in [0, 0.05) is 31.1 Å². The lowest BCUT2D eigenvalue weighted by molar-refractivity contribution is -0.139. The number of carbonyl (C=O) groups is 2. The molecule has 1 aromatic rings. The number of primary amides is 1. The summed E-state index contributed by atoms with van der Waals surface area (Å²) >= 11 is 0. The normalized spacial score (nSPS) is 30.4. The van der Waals surface area contributed by atoms with E-state index in [4.69, 9.17) is 5.73 Å². The Balaban J connectivity index is 1.47. The minimum atomic E-state index is -0.223. The lowest BCUT2D eigenvalue weighted by Crippen LogP contribution is -2.46. The first kappa shape index (κ1) is 16.6. The van der Waals surface area contributed by atoms with E-state index in [-0.39, 0.29) is 17.7 Å². The third-order valence-electron chi connectivity index (χ3n) is 6.39. The molecular formula is C20H27N3O2. The summed E-state index contributed by atoms with van der Waals surface area (Å²) in [7, 11) is 0. The van der Waals surface area contributed by atoms with Crippen molar-refractivity contribution in [3.63, 3.8) is 0 Å². The largest absolute Gasteiger partial charge is 0.369 e. The Morgan fingerprint density at radius 2 is 1.72 bits per heavy atom. The highest BCUT2D eigenvalue weighted by Crippen LogP contribution is 2.45. The molecule has 25 heavy (non-hydrogen) atoms. The van der Waals surface area contributed by atoms with Crippen LogP contribution in [0.2, 0.25) is 0 Å². The van der Waals surface area contributed by atoms with Gasteiger partial charge in [0.1, 0.15) is 0 Å². The van der Waals surface area contributed by atoms with Gasteiger partial charge in [0.15, 0.2) is 0 Å². The van der Waals surface area contributed by atoms with Crippen molar-refractivity contribution in [3.05, 3.63) is 35.9 Å². The Hall–Kier alpha value is -1.88. The molecule has 2 amide bonds. The van der Waals surface area contributed by atoms with Gasteiger partial charge in [-0.3, -0.25) is 14.5 Å². The number of likely N-dealkylation sites (tertiary alicyclic amines) is 1. The van der Waals surface area contributed by atoms with Gasteiger partial charge in [-0.2, -0.15) is 0 Å². The number of nitrogens with zero attached hydrogens (tertiary/aromatic N) is 2. The number of rotatable bonds is 3. The summed E-state index contributed by atoms with van der Waals surface area (Å²) < 4.78 is 0. The van der Waals surface area contributed by atoms with Crippen LogP contribution in [0.4, 0.5) is 0 Å². The second-order valence-corrected chi connectivity index (χ2v) is 7.72. The maximum atomic E-state index is 13.2. The summed E-state index contributed by atoms with van der Waals surface area (Å²) in [6.45, 7) is 2.44. The van der Waals surface area contributed by atoms with Gasteiger partial charge >= 0.3 is 0 Å². The van der Waals surface area contributed by atoms with E-state index >= 15 is 0 Å². The smallest absolute Gasteiger partial charge is 0.227 e. The van der Waals surface area contributed by atoms with Gasteiger partial charge in [-0.05, 0) is 44.2 Å². The van der Waals surface area contributed by atoms with Crippen molar-refractivity contribution in [2.75, 3.05) is 19.6 Å². The van der Waals surface area contributed by atoms with Gasteiger partial charge in [-0.25, -0.2) is 0 Å². The molecule has 0 bridgehead atoms. The third-order valence-corrected chi connectivity index (χ3v) is 6.39. The van der Waals surface area contributed by atoms with Crippen molar-refractivity contribution < 1.29 is 9.59 Å². The summed E-state index contributed by atoms with van der Waals surface area (Å²) in [5.74, 6) is 0.0998. The van der Waals surface area contributed by atoms with Crippen LogP contribution in [0.1, 0.15) is 43.7 Å². The maximum Gasteiger partial charge on any atom is 0.227 e. The number of benzene rings is 1. The van der Waals surface area contributed by atoms with Gasteiger partial charge in [-0.15, -0.1) is 0 Å². The zero-order valence-corrected chi connectivity index (χ0v) is 14.6. The van der Waals surface area contributed by atoms with Gasteiger partial charge in [-0.1, -0.05) is 30.3 Å². The van der Waals surface area contributed by atoms with Crippen LogP contribution in [-0.4, -0.2) is 47.3 Å². The number of nitrogens with two attached hydrogens (primary N) is 1. The summed E-state index contributed by atoms with van der Waals surface area (Å²) in [6, 6.07) is 11.3. The fraction of sp³-hybridized carbons (Fsp3) is 0.600. The average molecular weight is 341 g/mol. The van der Waals surface area contributed by atoms with Gasteiger partial charge in [0.05, 0.1) is 5.92 Å². The standard InChI is InChI=1S/C20H27N3O2/c21-19(24)15-8-11-22(12-9-15)20(25)16-13-18(14-5-2-1-3-6-14)23-10-4-7-17(16)23/h1-3,5-6,15-18H,4,7-13H2,(H2,21,24)/t16?,17-,18?/m0/s1. The Bertz CT molecular complexity index is 640. The molecule has 2 N–H and O–H groups in total. The Morgan fingerprint density at radius 1 is 1.00 bits per heavy atom. The van der Waals surface area contributed by atoms with Crippen molar-refractivity contribution in [1.82, 2.24) is 9.80 Å². The lowest BCUT2D eigenvalue weighted by atomic mass is 9.90. The monoisotopic (exact) mass is 341 g/mol. The molecule has 2 unspecified atom stereocenters. The van der Waals surface area contributed by atoms with E-state index in [0.29, 0.717) is 43.9 Å². The van der Waals surface area contributed by atoms with Crippen LogP contribution < -0.4 is 5.73 Å². The van der Waals surface area contributed by atoms with Crippen LogP contribution in [0.25, 0.3) is 0 Å². The molecule has 3 atom stereocenters. The molecule has 5 nitrogen and oxygen atoms in total. The Morgan fingerprint density at radius 3 is 2.40 bits per heavy atom. The lowest BCUT2D eigenvalue weighted by Gasteiger charge is -2.33. The fourth-order valence-corrected chi connectivity index (χ4v) is 5.05. The van der Waals surface area contributed by atoms with E-state index in [1.165, 1.54) is 12.0 Å². The molecule has 0 radical (unpaired) electrons. The number of piperidine rings is 1. The van der Waals surface area contributed by atoms with Gasteiger partial charge < -0.3 is 10.6 Å². The molecule has 0 saturated carbocycles. The predicted octanol–water partition coefficient (Wildman–Crippen LogP) is 1.94. The quantitative estimate of drug-likeness (QED) is 0.913. The second-order valence-electron chi connectivity index (χ2n) is 7.72. The minimum Gasteiger partial charge on any atom is -0.369 e. The topological polar surface area (TPSA) is 66.6 Å². The van der Waals surface area contributed by atoms with Crippen LogP contribution in [0.5, 0.6) is 0 Å². The molecule has 0 aromatic heterocycles. The Labute approximate surface area is 149 Å². The zero-order chi connectivity index (χ0) is 17.4. The summed E-state index contributed by atoms with van der Waals surface area (Å²) in [4.78, 5) is 29.1. The van der Waals surface area contributed by atoms with Crippen molar-refractivity contribution in [3.8, 4) is 0 Å². The van der Waals surface area contributed by atoms with Crippen molar-refractivity contribution in [2.24, 2.45) is 17.6 Å². The number of fused-ring (bicyclic) bond motifs is 1. The summed E-state index contributed by atoms with van der Waals surface area (Å²) in [5, 5.41) is 0. The highest BCUT2D eigenvalue weighted by atomic mass is 16.2. The first-order valence-corrected chi connectivity index (χ1v) is 9.54. The molecule has 3 saturated heterocycles.